The molecule has 0 bridgehead atoms. The molecular weight excluding hydrogens is 180 g/mol. The quantitative estimate of drug-likeness (QED) is 0.751. The Morgan fingerprint density at radius 1 is 1.50 bits per heavy atom. The van der Waals surface area contributed by atoms with Gasteiger partial charge in [0.25, 0.3) is 0 Å². The monoisotopic (exact) mass is 196 g/mol. The summed E-state index contributed by atoms with van der Waals surface area (Å²) < 4.78 is 5.43. The van der Waals surface area contributed by atoms with E-state index in [9.17, 15) is 0 Å². The summed E-state index contributed by atoms with van der Waals surface area (Å²) in [5, 5.41) is 12.4. The van der Waals surface area contributed by atoms with Crippen LogP contribution in [0.5, 0.6) is 0 Å². The van der Waals surface area contributed by atoms with Crippen LogP contribution in [0, 0.1) is 13.8 Å². The Morgan fingerprint density at radius 2 is 2.21 bits per heavy atom. The molecule has 0 aliphatic heterocycles. The number of aliphatic hydroxyl groups is 1. The van der Waals surface area contributed by atoms with Gasteiger partial charge in [-0.25, -0.2) is 4.98 Å². The minimum absolute atomic E-state index is 0.0454. The van der Waals surface area contributed by atoms with Gasteiger partial charge in [-0.3, -0.25) is 0 Å². The summed E-state index contributed by atoms with van der Waals surface area (Å²) in [4.78, 5) is 4.26. The molecular formula is C10H16N2O2. The first-order chi connectivity index (χ1) is 6.65. The third-order valence-corrected chi connectivity index (χ3v) is 2.84. The lowest BCUT2D eigenvalue weighted by Crippen LogP contribution is -2.34. The largest absolute Gasteiger partial charge is 0.444 e. The van der Waals surface area contributed by atoms with E-state index in [0.29, 0.717) is 12.4 Å². The highest BCUT2D eigenvalue weighted by Crippen LogP contribution is 2.34. The molecule has 4 heteroatoms. The second kappa shape index (κ2) is 3.37. The fourth-order valence-corrected chi connectivity index (χ4v) is 1.42. The van der Waals surface area contributed by atoms with Crippen LogP contribution in [0.2, 0.25) is 0 Å². The van der Waals surface area contributed by atoms with E-state index in [1.165, 1.54) is 0 Å². The molecule has 1 aliphatic carbocycles. The van der Waals surface area contributed by atoms with Gasteiger partial charge in [-0.2, -0.15) is 0 Å². The van der Waals surface area contributed by atoms with Crippen LogP contribution < -0.4 is 5.32 Å². The van der Waals surface area contributed by atoms with Gasteiger partial charge in [0, 0.05) is 5.54 Å². The summed E-state index contributed by atoms with van der Waals surface area (Å²) in [6, 6.07) is 0. The van der Waals surface area contributed by atoms with Crippen molar-refractivity contribution in [2.45, 2.75) is 38.8 Å². The molecule has 1 heterocycles. The number of nitrogens with zero attached hydrogens (tertiary/aromatic N) is 1. The molecule has 0 saturated heterocycles. The van der Waals surface area contributed by atoms with Crippen LogP contribution >= 0.6 is 0 Å². The summed E-state index contributed by atoms with van der Waals surface area (Å²) in [7, 11) is 0. The normalized spacial score (nSPS) is 18.5. The molecule has 2 N–H and O–H groups in total. The fourth-order valence-electron chi connectivity index (χ4n) is 1.42. The van der Waals surface area contributed by atoms with Crippen LogP contribution in [0.4, 0.5) is 0 Å². The van der Waals surface area contributed by atoms with E-state index >= 15 is 0 Å². The van der Waals surface area contributed by atoms with Crippen LogP contribution in [-0.4, -0.2) is 22.2 Å². The number of aromatic nitrogens is 1. The number of aliphatic hydroxyl groups excluding tert-OH is 1. The molecule has 0 amide bonds. The van der Waals surface area contributed by atoms with E-state index in [1.807, 2.05) is 13.8 Å². The molecule has 2 rings (SSSR count). The lowest BCUT2D eigenvalue weighted by atomic mass is 10.3. The highest BCUT2D eigenvalue weighted by molar-refractivity contribution is 5.07. The zero-order chi connectivity index (χ0) is 10.2. The maximum absolute atomic E-state index is 9.08. The predicted octanol–water partition coefficient (Wildman–Crippen LogP) is 0.906. The molecule has 1 aromatic rings. The van der Waals surface area contributed by atoms with Gasteiger partial charge < -0.3 is 14.8 Å². The van der Waals surface area contributed by atoms with Crippen LogP contribution in [0.15, 0.2) is 4.42 Å². The first kappa shape index (κ1) is 9.68. The highest BCUT2D eigenvalue weighted by atomic mass is 16.4. The summed E-state index contributed by atoms with van der Waals surface area (Å²) in [6.45, 7) is 4.65. The van der Waals surface area contributed by atoms with Crippen LogP contribution in [0.3, 0.4) is 0 Å². The average molecular weight is 196 g/mol. The molecule has 1 saturated carbocycles. The Balaban J connectivity index is 1.92. The molecule has 4 nitrogen and oxygen atoms in total. The van der Waals surface area contributed by atoms with Crippen LogP contribution in [0.1, 0.15) is 30.2 Å². The molecule has 0 radical (unpaired) electrons. The lowest BCUT2D eigenvalue weighted by Gasteiger charge is -2.11. The standard InChI is InChI=1S/C10H16N2O2/c1-7-8(2)14-9(12-7)5-11-10(6-13)3-4-10/h11,13H,3-6H2,1-2H3. The molecule has 0 unspecified atom stereocenters. The minimum atomic E-state index is -0.0454. The minimum Gasteiger partial charge on any atom is -0.444 e. The maximum atomic E-state index is 9.08. The smallest absolute Gasteiger partial charge is 0.208 e. The summed E-state index contributed by atoms with van der Waals surface area (Å²) in [6.07, 6.45) is 2.09. The van der Waals surface area contributed by atoms with Crippen molar-refractivity contribution in [3.63, 3.8) is 0 Å². The van der Waals surface area contributed by atoms with Crippen LogP contribution in [-0.2, 0) is 6.54 Å². The number of oxazole rings is 1. The number of aryl methyl sites for hydroxylation is 2. The van der Waals surface area contributed by atoms with Gasteiger partial charge in [0.05, 0.1) is 18.8 Å². The van der Waals surface area contributed by atoms with Crippen molar-refractivity contribution in [1.82, 2.24) is 10.3 Å². The van der Waals surface area contributed by atoms with Crippen molar-refractivity contribution in [3.05, 3.63) is 17.3 Å². The number of nitrogens with one attached hydrogen (secondary N) is 1. The summed E-state index contributed by atoms with van der Waals surface area (Å²) in [5.41, 5.74) is 0.895. The predicted molar refractivity (Wildman–Crippen MR) is 51.9 cm³/mol. The Morgan fingerprint density at radius 3 is 2.64 bits per heavy atom. The number of rotatable bonds is 4. The van der Waals surface area contributed by atoms with Crippen molar-refractivity contribution in [3.8, 4) is 0 Å². The van der Waals surface area contributed by atoms with Crippen molar-refractivity contribution in [1.29, 1.82) is 0 Å². The number of hydrogen-bond acceptors (Lipinski definition) is 4. The van der Waals surface area contributed by atoms with Gasteiger partial charge in [-0.15, -0.1) is 0 Å². The Labute approximate surface area is 83.3 Å². The van der Waals surface area contributed by atoms with E-state index in [4.69, 9.17) is 9.52 Å². The maximum Gasteiger partial charge on any atom is 0.208 e. The second-order valence-electron chi connectivity index (χ2n) is 4.04. The van der Waals surface area contributed by atoms with E-state index in [1.54, 1.807) is 0 Å². The van der Waals surface area contributed by atoms with E-state index in [2.05, 4.69) is 10.3 Å². The molecule has 1 fully saturated rings. The van der Waals surface area contributed by atoms with E-state index in [-0.39, 0.29) is 12.1 Å². The molecule has 0 spiro atoms. The van der Waals surface area contributed by atoms with Crippen molar-refractivity contribution >= 4 is 0 Å². The zero-order valence-electron chi connectivity index (χ0n) is 8.63. The molecule has 0 atom stereocenters. The summed E-state index contributed by atoms with van der Waals surface area (Å²) in [5.74, 6) is 1.58. The molecule has 0 aromatic carbocycles. The van der Waals surface area contributed by atoms with Crippen molar-refractivity contribution in [2.75, 3.05) is 6.61 Å². The molecule has 1 aliphatic rings. The average Bonchev–Trinajstić information content (AvgIpc) is 2.88. The van der Waals surface area contributed by atoms with E-state index < -0.39 is 0 Å². The van der Waals surface area contributed by atoms with Gasteiger partial charge >= 0.3 is 0 Å². The fraction of sp³-hybridized carbons (Fsp3) is 0.700. The topological polar surface area (TPSA) is 58.3 Å². The third kappa shape index (κ3) is 1.81. The Bertz CT molecular complexity index is 309. The Hall–Kier alpha value is -0.870. The first-order valence-electron chi connectivity index (χ1n) is 4.94. The van der Waals surface area contributed by atoms with Gasteiger partial charge in [-0.1, -0.05) is 0 Å². The van der Waals surface area contributed by atoms with Gasteiger partial charge in [0.1, 0.15) is 5.76 Å². The van der Waals surface area contributed by atoms with E-state index in [0.717, 1.165) is 24.3 Å². The third-order valence-electron chi connectivity index (χ3n) is 2.84. The Kier molecular flexibility index (Phi) is 2.33. The second-order valence-corrected chi connectivity index (χ2v) is 4.04. The van der Waals surface area contributed by atoms with Crippen molar-refractivity contribution < 1.29 is 9.52 Å². The van der Waals surface area contributed by atoms with Crippen molar-refractivity contribution in [2.24, 2.45) is 0 Å². The molecule has 1 aromatic heterocycles. The van der Waals surface area contributed by atoms with Crippen LogP contribution in [0.25, 0.3) is 0 Å². The summed E-state index contributed by atoms with van der Waals surface area (Å²) >= 11 is 0. The van der Waals surface area contributed by atoms with Gasteiger partial charge in [0.2, 0.25) is 5.89 Å². The zero-order valence-corrected chi connectivity index (χ0v) is 8.63. The van der Waals surface area contributed by atoms with Gasteiger partial charge in [0.15, 0.2) is 0 Å². The molecule has 14 heavy (non-hydrogen) atoms. The number of hydrogen-bond donors (Lipinski definition) is 2. The highest BCUT2D eigenvalue weighted by Gasteiger charge is 2.41. The SMILES string of the molecule is Cc1nc(CNC2(CO)CC2)oc1C. The first-order valence-corrected chi connectivity index (χ1v) is 4.94. The lowest BCUT2D eigenvalue weighted by molar-refractivity contribution is 0.226. The molecule has 78 valence electrons. The van der Waals surface area contributed by atoms with Gasteiger partial charge in [-0.05, 0) is 26.7 Å².